The average Bonchev–Trinajstić information content (AvgIpc) is 2.53. The van der Waals surface area contributed by atoms with Gasteiger partial charge in [0.2, 0.25) is 5.91 Å². The van der Waals surface area contributed by atoms with Crippen LogP contribution in [-0.4, -0.2) is 41.2 Å². The van der Waals surface area contributed by atoms with E-state index < -0.39 is 18.6 Å². The van der Waals surface area contributed by atoms with E-state index in [9.17, 15) is 14.7 Å². The standard InChI is InChI=1S/C18H26BrNO4/c1-12(2)7-14(18(24)20-10-17(23)11-21)9-16(22)8-13-3-5-15(19)6-4-13/h3-6,12,14,17,21,23H,7-11H2,1-2H3,(H,20,24)/t14-,17?/m1/s1. The fraction of sp³-hybridized carbons (Fsp3) is 0.556. The van der Waals surface area contributed by atoms with Crippen molar-refractivity contribution >= 4 is 27.6 Å². The van der Waals surface area contributed by atoms with Gasteiger partial charge in [-0.1, -0.05) is 41.9 Å². The average molecular weight is 400 g/mol. The molecule has 134 valence electrons. The molecule has 0 spiro atoms. The fourth-order valence-electron chi connectivity index (χ4n) is 2.46. The van der Waals surface area contributed by atoms with Crippen LogP contribution in [0, 0.1) is 11.8 Å². The first-order chi connectivity index (χ1) is 11.3. The minimum atomic E-state index is -0.980. The number of hydrogen-bond acceptors (Lipinski definition) is 4. The van der Waals surface area contributed by atoms with Gasteiger partial charge in [0.15, 0.2) is 0 Å². The smallest absolute Gasteiger partial charge is 0.223 e. The zero-order chi connectivity index (χ0) is 18.1. The fourth-order valence-corrected chi connectivity index (χ4v) is 2.72. The van der Waals surface area contributed by atoms with Crippen LogP contribution in [0.3, 0.4) is 0 Å². The first-order valence-electron chi connectivity index (χ1n) is 8.14. The Balaban J connectivity index is 2.61. The number of amides is 1. The Morgan fingerprint density at radius 3 is 2.38 bits per heavy atom. The van der Waals surface area contributed by atoms with Crippen LogP contribution < -0.4 is 5.32 Å². The molecular weight excluding hydrogens is 374 g/mol. The quantitative estimate of drug-likeness (QED) is 0.561. The Kier molecular flexibility index (Phi) is 9.18. The summed E-state index contributed by atoms with van der Waals surface area (Å²) in [4.78, 5) is 24.6. The number of benzene rings is 1. The molecule has 0 fully saturated rings. The van der Waals surface area contributed by atoms with Gasteiger partial charge in [-0.15, -0.1) is 0 Å². The molecule has 0 saturated heterocycles. The number of carbonyl (C=O) groups is 2. The molecule has 24 heavy (non-hydrogen) atoms. The summed E-state index contributed by atoms with van der Waals surface area (Å²) in [5.74, 6) is -0.371. The highest BCUT2D eigenvalue weighted by Gasteiger charge is 2.23. The number of aliphatic hydroxyl groups is 2. The Labute approximate surface area is 151 Å². The molecule has 1 amide bonds. The molecule has 0 saturated carbocycles. The first-order valence-corrected chi connectivity index (χ1v) is 8.93. The summed E-state index contributed by atoms with van der Waals surface area (Å²) < 4.78 is 0.957. The van der Waals surface area contributed by atoms with Gasteiger partial charge in [-0.05, 0) is 30.0 Å². The molecule has 0 aliphatic carbocycles. The number of halogens is 1. The van der Waals surface area contributed by atoms with E-state index in [1.807, 2.05) is 38.1 Å². The number of ketones is 1. The number of nitrogens with one attached hydrogen (secondary N) is 1. The van der Waals surface area contributed by atoms with Crippen LogP contribution in [0.5, 0.6) is 0 Å². The van der Waals surface area contributed by atoms with Crippen LogP contribution in [-0.2, 0) is 16.0 Å². The van der Waals surface area contributed by atoms with Crippen molar-refractivity contribution in [2.75, 3.05) is 13.2 Å². The van der Waals surface area contributed by atoms with Gasteiger partial charge in [0.1, 0.15) is 5.78 Å². The highest BCUT2D eigenvalue weighted by atomic mass is 79.9. The topological polar surface area (TPSA) is 86.6 Å². The third kappa shape index (κ3) is 8.04. The summed E-state index contributed by atoms with van der Waals surface area (Å²) in [5, 5.41) is 20.7. The zero-order valence-corrected chi connectivity index (χ0v) is 15.8. The lowest BCUT2D eigenvalue weighted by Gasteiger charge is -2.19. The van der Waals surface area contributed by atoms with E-state index in [2.05, 4.69) is 21.2 Å². The van der Waals surface area contributed by atoms with E-state index >= 15 is 0 Å². The molecule has 0 aromatic heterocycles. The molecule has 2 atom stereocenters. The lowest BCUT2D eigenvalue weighted by atomic mass is 9.90. The van der Waals surface area contributed by atoms with Crippen molar-refractivity contribution in [1.29, 1.82) is 0 Å². The van der Waals surface area contributed by atoms with Gasteiger partial charge >= 0.3 is 0 Å². The van der Waals surface area contributed by atoms with E-state index in [4.69, 9.17) is 5.11 Å². The molecule has 0 heterocycles. The van der Waals surface area contributed by atoms with E-state index in [1.165, 1.54) is 0 Å². The summed E-state index contributed by atoms with van der Waals surface area (Å²) in [6.45, 7) is 3.59. The maximum absolute atomic E-state index is 12.3. The molecule has 0 aliphatic rings. The molecular formula is C18H26BrNO4. The summed E-state index contributed by atoms with van der Waals surface area (Å²) in [6, 6.07) is 7.54. The molecule has 1 aromatic rings. The number of aliphatic hydroxyl groups excluding tert-OH is 2. The van der Waals surface area contributed by atoms with Crippen molar-refractivity contribution < 1.29 is 19.8 Å². The van der Waals surface area contributed by atoms with Gasteiger partial charge in [0, 0.05) is 29.8 Å². The monoisotopic (exact) mass is 399 g/mol. The molecule has 6 heteroatoms. The molecule has 3 N–H and O–H groups in total. The van der Waals surface area contributed by atoms with Gasteiger partial charge < -0.3 is 15.5 Å². The number of carbonyl (C=O) groups excluding carboxylic acids is 2. The molecule has 5 nitrogen and oxygen atoms in total. The van der Waals surface area contributed by atoms with Crippen LogP contribution in [0.2, 0.25) is 0 Å². The van der Waals surface area contributed by atoms with Gasteiger partial charge in [-0.3, -0.25) is 9.59 Å². The summed E-state index contributed by atoms with van der Waals surface area (Å²) in [5.41, 5.74) is 0.919. The Bertz CT molecular complexity index is 530. The molecule has 0 radical (unpaired) electrons. The van der Waals surface area contributed by atoms with Crippen LogP contribution >= 0.6 is 15.9 Å². The molecule has 1 aromatic carbocycles. The van der Waals surface area contributed by atoms with Crippen molar-refractivity contribution in [2.45, 2.75) is 39.2 Å². The maximum Gasteiger partial charge on any atom is 0.223 e. The van der Waals surface area contributed by atoms with Crippen molar-refractivity contribution in [2.24, 2.45) is 11.8 Å². The molecule has 0 aliphatic heterocycles. The van der Waals surface area contributed by atoms with E-state index in [0.717, 1.165) is 10.0 Å². The Hall–Kier alpha value is -1.24. The van der Waals surface area contributed by atoms with Crippen molar-refractivity contribution in [3.05, 3.63) is 34.3 Å². The van der Waals surface area contributed by atoms with Gasteiger partial charge in [0.25, 0.3) is 0 Å². The summed E-state index contributed by atoms with van der Waals surface area (Å²) in [6.07, 6.45) is 0.101. The molecule has 1 rings (SSSR count). The minimum Gasteiger partial charge on any atom is -0.394 e. The number of hydrogen-bond donors (Lipinski definition) is 3. The largest absolute Gasteiger partial charge is 0.394 e. The maximum atomic E-state index is 12.3. The van der Waals surface area contributed by atoms with Crippen LogP contribution in [0.4, 0.5) is 0 Å². The molecule has 1 unspecified atom stereocenters. The minimum absolute atomic E-state index is 0.00910. The lowest BCUT2D eigenvalue weighted by molar-refractivity contribution is -0.130. The van der Waals surface area contributed by atoms with Crippen LogP contribution in [0.1, 0.15) is 32.3 Å². The molecule has 0 bridgehead atoms. The second kappa shape index (κ2) is 10.6. The second-order valence-electron chi connectivity index (χ2n) is 6.45. The van der Waals surface area contributed by atoms with Gasteiger partial charge in [-0.2, -0.15) is 0 Å². The third-order valence-corrected chi connectivity index (χ3v) is 4.17. The van der Waals surface area contributed by atoms with Crippen molar-refractivity contribution in [3.8, 4) is 0 Å². The Morgan fingerprint density at radius 1 is 1.21 bits per heavy atom. The van der Waals surface area contributed by atoms with Crippen molar-refractivity contribution in [3.63, 3.8) is 0 Å². The summed E-state index contributed by atoms with van der Waals surface area (Å²) in [7, 11) is 0. The Morgan fingerprint density at radius 2 is 1.83 bits per heavy atom. The highest BCUT2D eigenvalue weighted by Crippen LogP contribution is 2.18. The van der Waals surface area contributed by atoms with E-state index in [-0.39, 0.29) is 30.6 Å². The zero-order valence-electron chi connectivity index (χ0n) is 14.2. The van der Waals surface area contributed by atoms with Gasteiger partial charge in [0.05, 0.1) is 12.7 Å². The second-order valence-corrected chi connectivity index (χ2v) is 7.37. The lowest BCUT2D eigenvalue weighted by Crippen LogP contribution is -2.38. The summed E-state index contributed by atoms with van der Waals surface area (Å²) >= 11 is 3.36. The van der Waals surface area contributed by atoms with Crippen LogP contribution in [0.25, 0.3) is 0 Å². The highest BCUT2D eigenvalue weighted by molar-refractivity contribution is 9.10. The third-order valence-electron chi connectivity index (χ3n) is 3.64. The van der Waals surface area contributed by atoms with Gasteiger partial charge in [-0.25, -0.2) is 0 Å². The van der Waals surface area contributed by atoms with Crippen LogP contribution in [0.15, 0.2) is 28.7 Å². The first kappa shape index (κ1) is 20.8. The van der Waals surface area contributed by atoms with E-state index in [1.54, 1.807) is 0 Å². The van der Waals surface area contributed by atoms with Crippen molar-refractivity contribution in [1.82, 2.24) is 5.32 Å². The normalized spacial score (nSPS) is 13.6. The number of Topliss-reactive ketones (excluding diaryl/α,β-unsaturated/α-hetero) is 1. The predicted octanol–water partition coefficient (Wildman–Crippen LogP) is 2.08. The van der Waals surface area contributed by atoms with E-state index in [0.29, 0.717) is 12.8 Å². The predicted molar refractivity (Wildman–Crippen MR) is 96.5 cm³/mol. The SMILES string of the molecule is CC(C)C[C@H](CC(=O)Cc1ccc(Br)cc1)C(=O)NCC(O)CO. The number of rotatable bonds is 10.